The van der Waals surface area contributed by atoms with Crippen molar-refractivity contribution in [3.63, 3.8) is 0 Å². The van der Waals surface area contributed by atoms with Crippen molar-refractivity contribution in [2.45, 2.75) is 31.3 Å². The largest absolute Gasteiger partial charge is 0.496 e. The summed E-state index contributed by atoms with van der Waals surface area (Å²) in [7, 11) is 1.70. The zero-order valence-electron chi connectivity index (χ0n) is 11.3. The van der Waals surface area contributed by atoms with Gasteiger partial charge in [0.1, 0.15) is 5.75 Å². The van der Waals surface area contributed by atoms with Crippen molar-refractivity contribution in [2.24, 2.45) is 11.7 Å². The molecule has 1 saturated carbocycles. The van der Waals surface area contributed by atoms with E-state index in [2.05, 4.69) is 39.0 Å². The number of hydrogen-bond donors (Lipinski definition) is 1. The van der Waals surface area contributed by atoms with E-state index < -0.39 is 0 Å². The van der Waals surface area contributed by atoms with Gasteiger partial charge in [-0.3, -0.25) is 4.90 Å². The van der Waals surface area contributed by atoms with E-state index in [4.69, 9.17) is 10.5 Å². The summed E-state index contributed by atoms with van der Waals surface area (Å²) in [5.74, 6) is 1.48. The van der Waals surface area contributed by atoms with Gasteiger partial charge in [0.2, 0.25) is 0 Å². The van der Waals surface area contributed by atoms with Crippen molar-refractivity contribution >= 4 is 15.9 Å². The first-order valence-corrected chi connectivity index (χ1v) is 7.83. The van der Waals surface area contributed by atoms with Gasteiger partial charge in [-0.25, -0.2) is 0 Å². The normalized spacial score (nSPS) is 27.7. The van der Waals surface area contributed by atoms with Gasteiger partial charge in [-0.15, -0.1) is 0 Å². The summed E-state index contributed by atoms with van der Waals surface area (Å²) in [6.45, 7) is 1.97. The molecule has 2 aliphatic rings. The lowest BCUT2D eigenvalue weighted by Gasteiger charge is -2.28. The van der Waals surface area contributed by atoms with Crippen molar-refractivity contribution in [3.8, 4) is 5.75 Å². The Hall–Kier alpha value is -0.580. The zero-order chi connectivity index (χ0) is 13.4. The molecule has 2 N–H and O–H groups in total. The van der Waals surface area contributed by atoms with Crippen molar-refractivity contribution in [3.05, 3.63) is 28.2 Å². The van der Waals surface area contributed by atoms with E-state index in [1.54, 1.807) is 7.11 Å². The van der Waals surface area contributed by atoms with Gasteiger partial charge in [0.05, 0.1) is 11.6 Å². The van der Waals surface area contributed by atoms with Crippen LogP contribution in [0.5, 0.6) is 5.75 Å². The molecule has 2 atom stereocenters. The number of hydrogen-bond acceptors (Lipinski definition) is 3. The van der Waals surface area contributed by atoms with E-state index in [0.717, 1.165) is 22.8 Å². The summed E-state index contributed by atoms with van der Waals surface area (Å²) < 4.78 is 6.35. The number of methoxy groups -OCH3 is 1. The summed E-state index contributed by atoms with van der Waals surface area (Å²) in [4.78, 5) is 2.66. The average molecular weight is 325 g/mol. The summed E-state index contributed by atoms with van der Waals surface area (Å²) >= 11 is 3.59. The Balaban J connectivity index is 1.90. The van der Waals surface area contributed by atoms with Crippen LogP contribution in [0.25, 0.3) is 0 Å². The van der Waals surface area contributed by atoms with E-state index in [1.807, 2.05) is 0 Å². The fourth-order valence-electron chi connectivity index (χ4n) is 3.28. The highest BCUT2D eigenvalue weighted by molar-refractivity contribution is 9.10. The number of rotatable bonds is 4. The minimum absolute atomic E-state index is 0.486. The van der Waals surface area contributed by atoms with E-state index in [1.165, 1.54) is 31.4 Å². The number of likely N-dealkylation sites (tertiary alicyclic amines) is 1. The summed E-state index contributed by atoms with van der Waals surface area (Å²) in [6.07, 6.45) is 3.93. The van der Waals surface area contributed by atoms with Gasteiger partial charge in [-0.05, 0) is 71.9 Å². The molecule has 3 rings (SSSR count). The van der Waals surface area contributed by atoms with Crippen LogP contribution in [0.15, 0.2) is 22.7 Å². The standard InChI is InChI=1S/C15H21BrN2O/c1-19-14-5-2-10(8-13(14)16)15-11(9-17)6-7-18(15)12-3-4-12/h2,5,8,11-12,15H,3-4,6-7,9,17H2,1H3. The molecule has 0 radical (unpaired) electrons. The Morgan fingerprint density at radius 1 is 1.37 bits per heavy atom. The predicted octanol–water partition coefficient (Wildman–Crippen LogP) is 2.94. The molecule has 4 heteroatoms. The fourth-order valence-corrected chi connectivity index (χ4v) is 3.83. The molecule has 104 valence electrons. The molecule has 1 aromatic rings. The maximum absolute atomic E-state index is 5.98. The highest BCUT2D eigenvalue weighted by Gasteiger charge is 2.42. The number of ether oxygens (including phenoxy) is 1. The molecule has 3 nitrogen and oxygen atoms in total. The molecule has 1 aliphatic heterocycles. The van der Waals surface area contributed by atoms with Gasteiger partial charge in [0.15, 0.2) is 0 Å². The quantitative estimate of drug-likeness (QED) is 0.925. The highest BCUT2D eigenvalue weighted by atomic mass is 79.9. The lowest BCUT2D eigenvalue weighted by molar-refractivity contribution is 0.220. The second kappa shape index (κ2) is 5.43. The molecule has 2 fully saturated rings. The van der Waals surface area contributed by atoms with Crippen LogP contribution in [0, 0.1) is 5.92 Å². The van der Waals surface area contributed by atoms with Gasteiger partial charge < -0.3 is 10.5 Å². The minimum Gasteiger partial charge on any atom is -0.496 e. The first-order chi connectivity index (χ1) is 9.24. The predicted molar refractivity (Wildman–Crippen MR) is 80.3 cm³/mol. The minimum atomic E-state index is 0.486. The Kier molecular flexibility index (Phi) is 3.83. The monoisotopic (exact) mass is 324 g/mol. The summed E-state index contributed by atoms with van der Waals surface area (Å²) in [5, 5.41) is 0. The Morgan fingerprint density at radius 3 is 2.74 bits per heavy atom. The smallest absolute Gasteiger partial charge is 0.133 e. The molecule has 1 aliphatic carbocycles. The average Bonchev–Trinajstić information content (AvgIpc) is 3.18. The van der Waals surface area contributed by atoms with E-state index in [-0.39, 0.29) is 0 Å². The van der Waals surface area contributed by atoms with Crippen LogP contribution in [0.2, 0.25) is 0 Å². The van der Waals surface area contributed by atoms with Crippen molar-refractivity contribution in [1.82, 2.24) is 4.90 Å². The van der Waals surface area contributed by atoms with E-state index in [0.29, 0.717) is 12.0 Å². The molecule has 2 unspecified atom stereocenters. The molecular weight excluding hydrogens is 304 g/mol. The second-order valence-corrected chi connectivity index (χ2v) is 6.45. The van der Waals surface area contributed by atoms with Gasteiger partial charge in [-0.1, -0.05) is 6.07 Å². The fraction of sp³-hybridized carbons (Fsp3) is 0.600. The number of nitrogens with two attached hydrogens (primary N) is 1. The van der Waals surface area contributed by atoms with Crippen molar-refractivity contribution in [2.75, 3.05) is 20.2 Å². The van der Waals surface area contributed by atoms with Gasteiger partial charge >= 0.3 is 0 Å². The topological polar surface area (TPSA) is 38.5 Å². The highest BCUT2D eigenvalue weighted by Crippen LogP contribution is 2.44. The third-order valence-electron chi connectivity index (χ3n) is 4.40. The van der Waals surface area contributed by atoms with Crippen molar-refractivity contribution in [1.29, 1.82) is 0 Å². The molecule has 0 amide bonds. The van der Waals surface area contributed by atoms with Gasteiger partial charge in [0, 0.05) is 12.1 Å². The number of nitrogens with zero attached hydrogens (tertiary/aromatic N) is 1. The van der Waals surface area contributed by atoms with Crippen LogP contribution >= 0.6 is 15.9 Å². The summed E-state index contributed by atoms with van der Waals surface area (Å²) in [6, 6.07) is 7.73. The zero-order valence-corrected chi connectivity index (χ0v) is 12.9. The lowest BCUT2D eigenvalue weighted by atomic mass is 9.93. The van der Waals surface area contributed by atoms with E-state index >= 15 is 0 Å². The SMILES string of the molecule is COc1ccc(C2C(CN)CCN2C2CC2)cc1Br. The maximum atomic E-state index is 5.98. The third kappa shape index (κ3) is 2.54. The molecule has 0 aromatic heterocycles. The molecule has 1 aromatic carbocycles. The Morgan fingerprint density at radius 2 is 2.16 bits per heavy atom. The van der Waals surface area contributed by atoms with Crippen LogP contribution in [-0.4, -0.2) is 31.1 Å². The maximum Gasteiger partial charge on any atom is 0.133 e. The van der Waals surface area contributed by atoms with E-state index in [9.17, 15) is 0 Å². The Bertz CT molecular complexity index is 461. The molecule has 1 saturated heterocycles. The first-order valence-electron chi connectivity index (χ1n) is 7.04. The second-order valence-electron chi connectivity index (χ2n) is 5.59. The van der Waals surface area contributed by atoms with Crippen molar-refractivity contribution < 1.29 is 4.74 Å². The van der Waals surface area contributed by atoms with Gasteiger partial charge in [0.25, 0.3) is 0 Å². The van der Waals surface area contributed by atoms with Crippen LogP contribution in [0.1, 0.15) is 30.9 Å². The molecule has 0 bridgehead atoms. The number of benzene rings is 1. The Labute approximate surface area is 123 Å². The number of halogens is 1. The van der Waals surface area contributed by atoms with Crippen LogP contribution in [-0.2, 0) is 0 Å². The molecular formula is C15H21BrN2O. The third-order valence-corrected chi connectivity index (χ3v) is 5.02. The lowest BCUT2D eigenvalue weighted by Crippen LogP contribution is -2.29. The van der Waals surface area contributed by atoms with Crippen LogP contribution < -0.4 is 10.5 Å². The first kappa shape index (κ1) is 13.4. The molecule has 1 heterocycles. The van der Waals surface area contributed by atoms with Crippen LogP contribution in [0.3, 0.4) is 0 Å². The van der Waals surface area contributed by atoms with Gasteiger partial charge in [-0.2, -0.15) is 0 Å². The molecule has 19 heavy (non-hydrogen) atoms. The van der Waals surface area contributed by atoms with Crippen LogP contribution in [0.4, 0.5) is 0 Å². The molecule has 0 spiro atoms. The summed E-state index contributed by atoms with van der Waals surface area (Å²) in [5.41, 5.74) is 7.34.